The lowest BCUT2D eigenvalue weighted by atomic mass is 10.1. The summed E-state index contributed by atoms with van der Waals surface area (Å²) in [4.78, 5) is 15.2. The van der Waals surface area contributed by atoms with Crippen LogP contribution in [0.4, 0.5) is 0 Å². The Morgan fingerprint density at radius 1 is 1.26 bits per heavy atom. The number of benzene rings is 1. The Labute approximate surface area is 158 Å². The number of amides is 1. The lowest BCUT2D eigenvalue weighted by Gasteiger charge is -2.24. The van der Waals surface area contributed by atoms with Gasteiger partial charge in [-0.05, 0) is 25.5 Å². The van der Waals surface area contributed by atoms with Gasteiger partial charge in [-0.1, -0.05) is 30.3 Å². The number of rotatable bonds is 4. The predicted molar refractivity (Wildman–Crippen MR) is 101 cm³/mol. The van der Waals surface area contributed by atoms with Crippen molar-refractivity contribution in [1.29, 1.82) is 0 Å². The van der Waals surface area contributed by atoms with E-state index < -0.39 is 0 Å². The van der Waals surface area contributed by atoms with Gasteiger partial charge in [-0.2, -0.15) is 5.10 Å². The summed E-state index contributed by atoms with van der Waals surface area (Å²) in [6, 6.07) is 13.5. The van der Waals surface area contributed by atoms with Crippen LogP contribution >= 0.6 is 0 Å². The van der Waals surface area contributed by atoms with Gasteiger partial charge in [-0.15, -0.1) is 0 Å². The van der Waals surface area contributed by atoms with Crippen LogP contribution in [-0.2, 0) is 11.3 Å². The van der Waals surface area contributed by atoms with E-state index in [1.54, 1.807) is 6.20 Å². The quantitative estimate of drug-likeness (QED) is 0.711. The fraction of sp³-hybridized carbons (Fsp3) is 0.333. The van der Waals surface area contributed by atoms with Crippen molar-refractivity contribution in [2.45, 2.75) is 26.0 Å². The van der Waals surface area contributed by atoms with Gasteiger partial charge in [0.05, 0.1) is 18.2 Å². The molecule has 140 valence electrons. The SMILES string of the molecule is Cc1cc(C(=O)N2CCCO[C@H](Cn3cccn3)C2)c(-c2ccccc2)o1. The maximum atomic E-state index is 13.3. The van der Waals surface area contributed by atoms with E-state index >= 15 is 0 Å². The highest BCUT2D eigenvalue weighted by atomic mass is 16.5. The van der Waals surface area contributed by atoms with E-state index in [2.05, 4.69) is 5.10 Å². The van der Waals surface area contributed by atoms with Crippen molar-refractivity contribution < 1.29 is 13.9 Å². The lowest BCUT2D eigenvalue weighted by Crippen LogP contribution is -2.38. The first-order valence-electron chi connectivity index (χ1n) is 9.25. The summed E-state index contributed by atoms with van der Waals surface area (Å²) in [6.45, 7) is 4.36. The Morgan fingerprint density at radius 3 is 2.89 bits per heavy atom. The van der Waals surface area contributed by atoms with Crippen LogP contribution in [0, 0.1) is 6.92 Å². The molecule has 6 heteroatoms. The van der Waals surface area contributed by atoms with E-state index in [9.17, 15) is 4.79 Å². The van der Waals surface area contributed by atoms with Crippen LogP contribution in [0.2, 0.25) is 0 Å². The molecule has 1 aromatic carbocycles. The van der Waals surface area contributed by atoms with Crippen molar-refractivity contribution in [3.8, 4) is 11.3 Å². The minimum Gasteiger partial charge on any atom is -0.461 e. The molecule has 1 atom stereocenters. The van der Waals surface area contributed by atoms with Crippen LogP contribution in [0.25, 0.3) is 11.3 Å². The summed E-state index contributed by atoms with van der Waals surface area (Å²) in [5, 5.41) is 4.24. The van der Waals surface area contributed by atoms with Crippen LogP contribution in [0.5, 0.6) is 0 Å². The minimum atomic E-state index is -0.0791. The smallest absolute Gasteiger partial charge is 0.257 e. The monoisotopic (exact) mass is 365 g/mol. The second kappa shape index (κ2) is 7.80. The van der Waals surface area contributed by atoms with Crippen molar-refractivity contribution in [3.63, 3.8) is 0 Å². The van der Waals surface area contributed by atoms with Crippen LogP contribution < -0.4 is 0 Å². The standard InChI is InChI=1S/C21H23N3O3/c1-16-13-19(20(27-16)17-7-3-2-4-8-17)21(25)23-10-6-12-26-18(14-23)15-24-11-5-9-22-24/h2-5,7-9,11,13,18H,6,10,12,14-15H2,1H3/t18-/m0/s1. The summed E-state index contributed by atoms with van der Waals surface area (Å²) in [5.41, 5.74) is 1.52. The number of furan rings is 1. The lowest BCUT2D eigenvalue weighted by molar-refractivity contribution is 0.0367. The third-order valence-corrected chi connectivity index (χ3v) is 4.71. The van der Waals surface area contributed by atoms with Crippen molar-refractivity contribution in [2.24, 2.45) is 0 Å². The van der Waals surface area contributed by atoms with E-state index in [1.807, 2.05) is 65.2 Å². The number of carbonyl (C=O) groups is 1. The Morgan fingerprint density at radius 2 is 2.11 bits per heavy atom. The molecule has 0 aliphatic carbocycles. The van der Waals surface area contributed by atoms with Crippen LogP contribution in [-0.4, -0.2) is 46.4 Å². The highest BCUT2D eigenvalue weighted by Crippen LogP contribution is 2.28. The molecule has 4 rings (SSSR count). The van der Waals surface area contributed by atoms with E-state index in [0.29, 0.717) is 37.6 Å². The molecular formula is C21H23N3O3. The maximum absolute atomic E-state index is 13.3. The Kier molecular flexibility index (Phi) is 5.07. The molecule has 1 aliphatic heterocycles. The first-order chi connectivity index (χ1) is 13.2. The average Bonchev–Trinajstić information content (AvgIpc) is 3.27. The molecule has 0 radical (unpaired) electrons. The number of nitrogens with zero attached hydrogens (tertiary/aromatic N) is 3. The Bertz CT molecular complexity index is 887. The molecule has 1 aliphatic rings. The first kappa shape index (κ1) is 17.5. The van der Waals surface area contributed by atoms with E-state index in [0.717, 1.165) is 17.7 Å². The van der Waals surface area contributed by atoms with Gasteiger partial charge in [0.25, 0.3) is 5.91 Å². The average molecular weight is 365 g/mol. The third-order valence-electron chi connectivity index (χ3n) is 4.71. The summed E-state index contributed by atoms with van der Waals surface area (Å²) < 4.78 is 13.6. The molecule has 1 saturated heterocycles. The molecule has 3 heterocycles. The zero-order valence-corrected chi connectivity index (χ0v) is 15.4. The van der Waals surface area contributed by atoms with Crippen molar-refractivity contribution in [1.82, 2.24) is 14.7 Å². The van der Waals surface area contributed by atoms with Crippen LogP contribution in [0.1, 0.15) is 22.5 Å². The molecule has 1 amide bonds. The maximum Gasteiger partial charge on any atom is 0.257 e. The number of carbonyl (C=O) groups excluding carboxylic acids is 1. The highest BCUT2D eigenvalue weighted by Gasteiger charge is 2.27. The topological polar surface area (TPSA) is 60.5 Å². The van der Waals surface area contributed by atoms with Crippen molar-refractivity contribution >= 4 is 5.91 Å². The molecule has 0 N–H and O–H groups in total. The van der Waals surface area contributed by atoms with Gasteiger partial charge in [-0.25, -0.2) is 0 Å². The van der Waals surface area contributed by atoms with Gasteiger partial charge in [-0.3, -0.25) is 9.48 Å². The fourth-order valence-electron chi connectivity index (χ4n) is 3.45. The first-order valence-corrected chi connectivity index (χ1v) is 9.25. The zero-order chi connectivity index (χ0) is 18.6. The van der Waals surface area contributed by atoms with E-state index in [-0.39, 0.29) is 12.0 Å². The fourth-order valence-corrected chi connectivity index (χ4v) is 3.45. The summed E-state index contributed by atoms with van der Waals surface area (Å²) in [6.07, 6.45) is 4.40. The zero-order valence-electron chi connectivity index (χ0n) is 15.4. The Balaban J connectivity index is 1.56. The van der Waals surface area contributed by atoms with Gasteiger partial charge in [0, 0.05) is 37.7 Å². The number of ether oxygens (including phenoxy) is 1. The predicted octanol–water partition coefficient (Wildman–Crippen LogP) is 3.38. The second-order valence-electron chi connectivity index (χ2n) is 6.79. The third kappa shape index (κ3) is 3.95. The van der Waals surface area contributed by atoms with Gasteiger partial charge >= 0.3 is 0 Å². The number of hydrogen-bond acceptors (Lipinski definition) is 4. The molecule has 0 saturated carbocycles. The Hall–Kier alpha value is -2.86. The summed E-state index contributed by atoms with van der Waals surface area (Å²) in [7, 11) is 0. The number of aromatic nitrogens is 2. The highest BCUT2D eigenvalue weighted by molar-refractivity contribution is 5.99. The molecule has 2 aromatic heterocycles. The molecular weight excluding hydrogens is 342 g/mol. The summed E-state index contributed by atoms with van der Waals surface area (Å²) in [5.74, 6) is 1.35. The van der Waals surface area contributed by atoms with Crippen LogP contribution in [0.15, 0.2) is 59.3 Å². The molecule has 0 bridgehead atoms. The molecule has 3 aromatic rings. The van der Waals surface area contributed by atoms with E-state index in [1.165, 1.54) is 0 Å². The number of hydrogen-bond donors (Lipinski definition) is 0. The van der Waals surface area contributed by atoms with Gasteiger partial charge in [0.2, 0.25) is 0 Å². The number of aryl methyl sites for hydroxylation is 1. The second-order valence-corrected chi connectivity index (χ2v) is 6.79. The van der Waals surface area contributed by atoms with Gasteiger partial charge in [0.15, 0.2) is 0 Å². The largest absolute Gasteiger partial charge is 0.461 e. The summed E-state index contributed by atoms with van der Waals surface area (Å²) >= 11 is 0. The molecule has 27 heavy (non-hydrogen) atoms. The molecule has 0 unspecified atom stereocenters. The molecule has 0 spiro atoms. The van der Waals surface area contributed by atoms with Crippen LogP contribution in [0.3, 0.4) is 0 Å². The van der Waals surface area contributed by atoms with Gasteiger partial charge < -0.3 is 14.1 Å². The van der Waals surface area contributed by atoms with Crippen molar-refractivity contribution in [2.75, 3.05) is 19.7 Å². The molecule has 1 fully saturated rings. The minimum absolute atomic E-state index is 0.0123. The van der Waals surface area contributed by atoms with Gasteiger partial charge in [0.1, 0.15) is 11.5 Å². The normalized spacial score (nSPS) is 17.7. The molecule has 6 nitrogen and oxygen atoms in total. The van der Waals surface area contributed by atoms with Crippen molar-refractivity contribution in [3.05, 3.63) is 66.2 Å². The van der Waals surface area contributed by atoms with E-state index in [4.69, 9.17) is 9.15 Å².